The minimum absolute atomic E-state index is 0.135. The molecule has 22 heavy (non-hydrogen) atoms. The highest BCUT2D eigenvalue weighted by Gasteiger charge is 2.41. The Balaban J connectivity index is 2.59. The molecule has 0 aliphatic heterocycles. The van der Waals surface area contributed by atoms with Crippen molar-refractivity contribution in [1.29, 1.82) is 0 Å². The van der Waals surface area contributed by atoms with Crippen LogP contribution in [-0.4, -0.2) is 34.9 Å². The second-order valence-electron chi connectivity index (χ2n) is 4.28. The van der Waals surface area contributed by atoms with Crippen LogP contribution in [0.4, 0.5) is 13.2 Å². The number of aromatic nitrogens is 2. The number of carbonyl (C=O) groups excluding carboxylic acids is 1. The highest BCUT2D eigenvalue weighted by atomic mass is 35.5. The quantitative estimate of drug-likeness (QED) is 0.811. The van der Waals surface area contributed by atoms with Gasteiger partial charge in [0.05, 0.1) is 24.6 Å². The highest BCUT2D eigenvalue weighted by molar-refractivity contribution is 6.30. The molecule has 0 radical (unpaired) electrons. The maximum Gasteiger partial charge on any atom is 0.434 e. The van der Waals surface area contributed by atoms with Crippen molar-refractivity contribution >= 4 is 17.5 Å². The summed E-state index contributed by atoms with van der Waals surface area (Å²) in [5.41, 5.74) is -1.65. The molecule has 0 atom stereocenters. The average Bonchev–Trinajstić information content (AvgIpc) is 2.91. The van der Waals surface area contributed by atoms with Gasteiger partial charge < -0.3 is 0 Å². The SMILES string of the molecule is CON(C)C(=O)c1cnn(-c2ccc(Cl)cc2)c1C(F)(F)F. The first-order chi connectivity index (χ1) is 10.3. The molecule has 1 amide bonds. The van der Waals surface area contributed by atoms with Gasteiger partial charge in [0.25, 0.3) is 5.91 Å². The summed E-state index contributed by atoms with van der Waals surface area (Å²) in [5, 5.41) is 4.74. The fourth-order valence-corrected chi connectivity index (χ4v) is 1.93. The van der Waals surface area contributed by atoms with E-state index in [1.807, 2.05) is 0 Å². The zero-order valence-electron chi connectivity index (χ0n) is 11.6. The lowest BCUT2D eigenvalue weighted by atomic mass is 10.2. The molecule has 2 aromatic rings. The maximum absolute atomic E-state index is 13.3. The van der Waals surface area contributed by atoms with Gasteiger partial charge >= 0.3 is 6.18 Å². The van der Waals surface area contributed by atoms with E-state index in [1.54, 1.807) is 0 Å². The van der Waals surface area contributed by atoms with E-state index >= 15 is 0 Å². The number of benzene rings is 1. The number of hydroxylamine groups is 2. The number of nitrogens with zero attached hydrogens (tertiary/aromatic N) is 3. The molecule has 0 spiro atoms. The third-order valence-electron chi connectivity index (χ3n) is 2.90. The zero-order chi connectivity index (χ0) is 16.5. The molecule has 0 saturated heterocycles. The van der Waals surface area contributed by atoms with Crippen LogP contribution in [0.25, 0.3) is 5.69 Å². The molecule has 0 fully saturated rings. The molecule has 1 heterocycles. The predicted molar refractivity (Wildman–Crippen MR) is 72.7 cm³/mol. The van der Waals surface area contributed by atoms with Crippen LogP contribution >= 0.6 is 11.6 Å². The summed E-state index contributed by atoms with van der Waals surface area (Å²) in [7, 11) is 2.39. The van der Waals surface area contributed by atoms with Gasteiger partial charge in [-0.2, -0.15) is 18.3 Å². The summed E-state index contributed by atoms with van der Waals surface area (Å²) in [6, 6.07) is 5.61. The number of rotatable bonds is 3. The molecule has 0 N–H and O–H groups in total. The van der Waals surface area contributed by atoms with E-state index in [0.717, 1.165) is 6.20 Å². The van der Waals surface area contributed by atoms with Crippen LogP contribution in [0.15, 0.2) is 30.5 Å². The van der Waals surface area contributed by atoms with Gasteiger partial charge in [0.15, 0.2) is 5.69 Å². The molecule has 0 aliphatic carbocycles. The summed E-state index contributed by atoms with van der Waals surface area (Å²) < 4.78 is 40.7. The standard InChI is InChI=1S/C13H11ClF3N3O2/c1-19(22-2)12(21)10-7-18-20(11(10)13(15,16)17)9-5-3-8(14)4-6-9/h3-7H,1-2H3. The fraction of sp³-hybridized carbons (Fsp3) is 0.231. The summed E-state index contributed by atoms with van der Waals surface area (Å²) in [6.07, 6.45) is -3.91. The monoisotopic (exact) mass is 333 g/mol. The lowest BCUT2D eigenvalue weighted by molar-refractivity contribution is -0.143. The van der Waals surface area contributed by atoms with Crippen LogP contribution in [0.1, 0.15) is 16.1 Å². The summed E-state index contributed by atoms with van der Waals surface area (Å²) >= 11 is 5.72. The Morgan fingerprint density at radius 1 is 1.32 bits per heavy atom. The third kappa shape index (κ3) is 3.07. The normalized spacial score (nSPS) is 11.5. The van der Waals surface area contributed by atoms with Crippen LogP contribution in [0.3, 0.4) is 0 Å². The summed E-state index contributed by atoms with van der Waals surface area (Å²) in [4.78, 5) is 16.6. The van der Waals surface area contributed by atoms with E-state index in [-0.39, 0.29) is 5.69 Å². The van der Waals surface area contributed by atoms with E-state index in [2.05, 4.69) is 9.94 Å². The van der Waals surface area contributed by atoms with Crippen molar-refractivity contribution in [1.82, 2.24) is 14.8 Å². The minimum atomic E-state index is -4.77. The Morgan fingerprint density at radius 3 is 2.41 bits per heavy atom. The lowest BCUT2D eigenvalue weighted by Gasteiger charge is -2.16. The number of carbonyl (C=O) groups is 1. The third-order valence-corrected chi connectivity index (χ3v) is 3.15. The van der Waals surface area contributed by atoms with Crippen LogP contribution in [0.2, 0.25) is 5.02 Å². The van der Waals surface area contributed by atoms with Gasteiger partial charge in [0.2, 0.25) is 0 Å². The van der Waals surface area contributed by atoms with Crippen molar-refractivity contribution in [2.45, 2.75) is 6.18 Å². The molecule has 9 heteroatoms. The van der Waals surface area contributed by atoms with Crippen molar-refractivity contribution in [2.24, 2.45) is 0 Å². The highest BCUT2D eigenvalue weighted by Crippen LogP contribution is 2.34. The Morgan fingerprint density at radius 2 is 1.91 bits per heavy atom. The van der Waals surface area contributed by atoms with Gasteiger partial charge in [-0.25, -0.2) is 9.75 Å². The van der Waals surface area contributed by atoms with Crippen molar-refractivity contribution in [3.63, 3.8) is 0 Å². The second-order valence-corrected chi connectivity index (χ2v) is 4.71. The maximum atomic E-state index is 13.3. The molecule has 0 unspecified atom stereocenters. The average molecular weight is 334 g/mol. The second kappa shape index (κ2) is 5.98. The van der Waals surface area contributed by atoms with E-state index in [0.29, 0.717) is 14.8 Å². The fourth-order valence-electron chi connectivity index (χ4n) is 1.81. The molecule has 1 aromatic carbocycles. The van der Waals surface area contributed by atoms with Gasteiger partial charge in [0, 0.05) is 12.1 Å². The molecule has 5 nitrogen and oxygen atoms in total. The number of hydrogen-bond donors (Lipinski definition) is 0. The molecule has 0 aliphatic rings. The van der Waals surface area contributed by atoms with Gasteiger partial charge in [-0.15, -0.1) is 0 Å². The number of alkyl halides is 3. The van der Waals surface area contributed by atoms with Gasteiger partial charge in [-0.1, -0.05) is 11.6 Å². The summed E-state index contributed by atoms with van der Waals surface area (Å²) in [5.74, 6) is -0.949. The van der Waals surface area contributed by atoms with Gasteiger partial charge in [-0.3, -0.25) is 9.63 Å². The minimum Gasteiger partial charge on any atom is -0.274 e. The smallest absolute Gasteiger partial charge is 0.274 e. The van der Waals surface area contributed by atoms with Crippen LogP contribution in [0.5, 0.6) is 0 Å². The lowest BCUT2D eigenvalue weighted by Crippen LogP contribution is -2.28. The first-order valence-corrected chi connectivity index (χ1v) is 6.37. The summed E-state index contributed by atoms with van der Waals surface area (Å²) in [6.45, 7) is 0. The number of hydrogen-bond acceptors (Lipinski definition) is 3. The topological polar surface area (TPSA) is 47.4 Å². The molecule has 0 saturated carbocycles. The van der Waals surface area contributed by atoms with E-state index in [9.17, 15) is 18.0 Å². The van der Waals surface area contributed by atoms with Crippen molar-refractivity contribution in [3.05, 3.63) is 46.7 Å². The van der Waals surface area contributed by atoms with E-state index in [1.165, 1.54) is 38.4 Å². The molecular formula is C13H11ClF3N3O2. The van der Waals surface area contributed by atoms with E-state index < -0.39 is 23.3 Å². The Labute approximate surface area is 128 Å². The zero-order valence-corrected chi connectivity index (χ0v) is 12.3. The Hall–Kier alpha value is -2.06. The van der Waals surface area contributed by atoms with Gasteiger partial charge in [0.1, 0.15) is 0 Å². The van der Waals surface area contributed by atoms with Crippen molar-refractivity contribution in [3.8, 4) is 5.69 Å². The Bertz CT molecular complexity index is 683. The molecular weight excluding hydrogens is 323 g/mol. The Kier molecular flexibility index (Phi) is 4.43. The first-order valence-electron chi connectivity index (χ1n) is 5.99. The number of halogens is 4. The number of amides is 1. The van der Waals surface area contributed by atoms with Crippen molar-refractivity contribution < 1.29 is 22.8 Å². The van der Waals surface area contributed by atoms with E-state index in [4.69, 9.17) is 11.6 Å². The van der Waals surface area contributed by atoms with Crippen LogP contribution in [0, 0.1) is 0 Å². The van der Waals surface area contributed by atoms with Crippen LogP contribution < -0.4 is 0 Å². The predicted octanol–water partition coefficient (Wildman–Crippen LogP) is 3.18. The largest absolute Gasteiger partial charge is 0.434 e. The molecule has 2 rings (SSSR count). The first kappa shape index (κ1) is 16.3. The van der Waals surface area contributed by atoms with Gasteiger partial charge in [-0.05, 0) is 24.3 Å². The molecule has 1 aromatic heterocycles. The van der Waals surface area contributed by atoms with Crippen LogP contribution in [-0.2, 0) is 11.0 Å². The molecule has 0 bridgehead atoms. The van der Waals surface area contributed by atoms with Crippen molar-refractivity contribution in [2.75, 3.05) is 14.2 Å². The molecule has 118 valence electrons.